The number of nitro benzene ring substituents is 1. The minimum atomic E-state index is -0.535. The average molecular weight is 389 g/mol. The van der Waals surface area contributed by atoms with Gasteiger partial charge in [-0.25, -0.2) is 0 Å². The van der Waals surface area contributed by atoms with E-state index in [4.69, 9.17) is 0 Å². The summed E-state index contributed by atoms with van der Waals surface area (Å²) in [6.45, 7) is 0.584. The lowest BCUT2D eigenvalue weighted by Crippen LogP contribution is -2.28. The molecule has 7 heteroatoms. The van der Waals surface area contributed by atoms with Gasteiger partial charge in [-0.1, -0.05) is 48.5 Å². The van der Waals surface area contributed by atoms with Crippen LogP contribution in [-0.2, 0) is 0 Å². The summed E-state index contributed by atoms with van der Waals surface area (Å²) >= 11 is 0. The van der Waals surface area contributed by atoms with Crippen LogP contribution in [0.3, 0.4) is 0 Å². The Balaban J connectivity index is 1.64. The molecule has 0 fully saturated rings. The van der Waals surface area contributed by atoms with Crippen LogP contribution >= 0.6 is 0 Å². The van der Waals surface area contributed by atoms with Crippen molar-refractivity contribution in [3.63, 3.8) is 0 Å². The highest BCUT2D eigenvalue weighted by Gasteiger charge is 2.18. The van der Waals surface area contributed by atoms with Crippen molar-refractivity contribution in [3.05, 3.63) is 106 Å². The smallest absolute Gasteiger partial charge is 0.293 e. The maximum absolute atomic E-state index is 12.5. The summed E-state index contributed by atoms with van der Waals surface area (Å²) in [6, 6.07) is 21.7. The van der Waals surface area contributed by atoms with Gasteiger partial charge >= 0.3 is 0 Å². The summed E-state index contributed by atoms with van der Waals surface area (Å²) in [5.74, 6) is -0.499. The molecule has 0 radical (unpaired) electrons. The highest BCUT2D eigenvalue weighted by Crippen LogP contribution is 2.26. The van der Waals surface area contributed by atoms with Crippen LogP contribution in [0.5, 0.6) is 0 Å². The highest BCUT2D eigenvalue weighted by molar-refractivity contribution is 6.09. The molecule has 0 atom stereocenters. The Kier molecular flexibility index (Phi) is 6.32. The fraction of sp³-hybridized carbons (Fsp3) is 0.0909. The van der Waals surface area contributed by atoms with Gasteiger partial charge in [0.05, 0.1) is 4.92 Å². The first-order valence-electron chi connectivity index (χ1n) is 9.01. The number of carbonyl (C=O) groups excluding carboxylic acids is 2. The van der Waals surface area contributed by atoms with Crippen LogP contribution < -0.4 is 10.6 Å². The summed E-state index contributed by atoms with van der Waals surface area (Å²) < 4.78 is 0. The van der Waals surface area contributed by atoms with Gasteiger partial charge in [-0.05, 0) is 24.3 Å². The number of nitro groups is 1. The van der Waals surface area contributed by atoms with Gasteiger partial charge < -0.3 is 10.6 Å². The predicted molar refractivity (Wildman–Crippen MR) is 110 cm³/mol. The number of hydrogen-bond donors (Lipinski definition) is 2. The predicted octanol–water partition coefficient (Wildman–Crippen LogP) is 3.67. The number of hydrogen-bond acceptors (Lipinski definition) is 5. The third-order valence-electron chi connectivity index (χ3n) is 4.25. The quantitative estimate of drug-likeness (QED) is 0.265. The zero-order valence-corrected chi connectivity index (χ0v) is 15.5. The van der Waals surface area contributed by atoms with Crippen molar-refractivity contribution < 1.29 is 14.5 Å². The van der Waals surface area contributed by atoms with Crippen molar-refractivity contribution in [2.75, 3.05) is 18.4 Å². The van der Waals surface area contributed by atoms with E-state index in [-0.39, 0.29) is 35.2 Å². The Hall–Kier alpha value is -4.00. The number of nitrogens with one attached hydrogen (secondary N) is 2. The first-order chi connectivity index (χ1) is 14.1. The van der Waals surface area contributed by atoms with Gasteiger partial charge in [-0.3, -0.25) is 19.7 Å². The van der Waals surface area contributed by atoms with Gasteiger partial charge in [0.15, 0.2) is 5.78 Å². The zero-order valence-electron chi connectivity index (χ0n) is 15.5. The summed E-state index contributed by atoms with van der Waals surface area (Å²) in [5, 5.41) is 17.1. The molecule has 0 saturated carbocycles. The second-order valence-electron chi connectivity index (χ2n) is 6.23. The van der Waals surface area contributed by atoms with Crippen LogP contribution in [0.15, 0.2) is 78.9 Å². The van der Waals surface area contributed by atoms with Gasteiger partial charge in [-0.2, -0.15) is 0 Å². The number of rotatable bonds is 8. The summed E-state index contributed by atoms with van der Waals surface area (Å²) in [4.78, 5) is 35.4. The molecule has 7 nitrogen and oxygen atoms in total. The number of carbonyl (C=O) groups is 2. The Morgan fingerprint density at radius 2 is 1.41 bits per heavy atom. The number of anilines is 1. The van der Waals surface area contributed by atoms with E-state index in [1.165, 1.54) is 12.1 Å². The van der Waals surface area contributed by atoms with Gasteiger partial charge in [0.2, 0.25) is 0 Å². The second-order valence-corrected chi connectivity index (χ2v) is 6.23. The molecule has 3 rings (SSSR count). The molecule has 0 spiro atoms. The van der Waals surface area contributed by atoms with E-state index in [0.717, 1.165) is 0 Å². The summed E-state index contributed by atoms with van der Waals surface area (Å²) in [7, 11) is 0. The fourth-order valence-corrected chi connectivity index (χ4v) is 2.79. The maximum Gasteiger partial charge on any atom is 0.293 e. The van der Waals surface area contributed by atoms with Gasteiger partial charge in [0.1, 0.15) is 5.69 Å². The molecule has 0 saturated heterocycles. The molecule has 0 aliphatic carbocycles. The van der Waals surface area contributed by atoms with Crippen LogP contribution in [0.2, 0.25) is 0 Å². The zero-order chi connectivity index (χ0) is 20.6. The van der Waals surface area contributed by atoms with E-state index >= 15 is 0 Å². The van der Waals surface area contributed by atoms with Crippen molar-refractivity contribution in [1.29, 1.82) is 0 Å². The van der Waals surface area contributed by atoms with Crippen molar-refractivity contribution in [2.45, 2.75) is 0 Å². The third-order valence-corrected chi connectivity index (χ3v) is 4.25. The summed E-state index contributed by atoms with van der Waals surface area (Å²) in [6.07, 6.45) is 0. The molecular weight excluding hydrogens is 370 g/mol. The number of ketones is 1. The molecule has 2 N–H and O–H groups in total. The van der Waals surface area contributed by atoms with Crippen LogP contribution in [0, 0.1) is 10.1 Å². The lowest BCUT2D eigenvalue weighted by atomic mass is 10.0. The van der Waals surface area contributed by atoms with E-state index in [1.54, 1.807) is 60.7 Å². The van der Waals surface area contributed by atoms with Crippen LogP contribution in [0.4, 0.5) is 11.4 Å². The van der Waals surface area contributed by atoms with Crippen LogP contribution in [0.1, 0.15) is 26.3 Å². The van der Waals surface area contributed by atoms with Gasteiger partial charge in [0.25, 0.3) is 11.6 Å². The first-order valence-corrected chi connectivity index (χ1v) is 9.01. The van der Waals surface area contributed by atoms with Gasteiger partial charge in [-0.15, -0.1) is 0 Å². The average Bonchev–Trinajstić information content (AvgIpc) is 2.77. The van der Waals surface area contributed by atoms with E-state index < -0.39 is 4.92 Å². The number of nitrogens with zero attached hydrogens (tertiary/aromatic N) is 1. The Bertz CT molecular complexity index is 1020. The standard InChI is InChI=1S/C22H19N3O4/c26-21(16-7-3-1-4-8-16)18-11-12-19(20(15-18)25(28)29)23-13-14-24-22(27)17-9-5-2-6-10-17/h1-12,15,23H,13-14H2,(H,24,27). The Morgan fingerprint density at radius 1 is 0.793 bits per heavy atom. The SMILES string of the molecule is O=C(NCCNc1ccc(C(=O)c2ccccc2)cc1[N+](=O)[O-])c1ccccc1. The Labute approximate surface area is 167 Å². The van der Waals surface area contributed by atoms with Crippen LogP contribution in [-0.4, -0.2) is 29.7 Å². The van der Waals surface area contributed by atoms with E-state index in [9.17, 15) is 19.7 Å². The summed E-state index contributed by atoms with van der Waals surface area (Å²) in [5.41, 5.74) is 1.34. The minimum absolute atomic E-state index is 0.193. The molecule has 3 aromatic carbocycles. The van der Waals surface area contributed by atoms with Crippen molar-refractivity contribution in [3.8, 4) is 0 Å². The largest absolute Gasteiger partial charge is 0.378 e. The molecule has 0 aliphatic heterocycles. The molecular formula is C22H19N3O4. The third kappa shape index (κ3) is 5.04. The lowest BCUT2D eigenvalue weighted by molar-refractivity contribution is -0.384. The minimum Gasteiger partial charge on any atom is -0.378 e. The normalized spacial score (nSPS) is 10.2. The molecule has 29 heavy (non-hydrogen) atoms. The number of amides is 1. The molecule has 3 aromatic rings. The highest BCUT2D eigenvalue weighted by atomic mass is 16.6. The maximum atomic E-state index is 12.5. The molecule has 0 aliphatic rings. The second kappa shape index (κ2) is 9.27. The molecule has 0 bridgehead atoms. The molecule has 0 heterocycles. The van der Waals surface area contributed by atoms with Crippen molar-refractivity contribution in [1.82, 2.24) is 5.32 Å². The van der Waals surface area contributed by atoms with Gasteiger partial charge in [0, 0.05) is 35.8 Å². The molecule has 0 unspecified atom stereocenters. The topological polar surface area (TPSA) is 101 Å². The van der Waals surface area contributed by atoms with E-state index in [1.807, 2.05) is 6.07 Å². The lowest BCUT2D eigenvalue weighted by Gasteiger charge is -2.10. The first kappa shape index (κ1) is 19.8. The van der Waals surface area contributed by atoms with Crippen LogP contribution in [0.25, 0.3) is 0 Å². The van der Waals surface area contributed by atoms with E-state index in [2.05, 4.69) is 10.6 Å². The molecule has 0 aromatic heterocycles. The monoisotopic (exact) mass is 389 g/mol. The van der Waals surface area contributed by atoms with Crippen molar-refractivity contribution in [2.24, 2.45) is 0 Å². The number of benzene rings is 3. The van der Waals surface area contributed by atoms with E-state index in [0.29, 0.717) is 17.7 Å². The Morgan fingerprint density at radius 3 is 2.03 bits per heavy atom. The molecule has 146 valence electrons. The molecule has 1 amide bonds. The van der Waals surface area contributed by atoms with Crippen molar-refractivity contribution >= 4 is 23.1 Å². The fourth-order valence-electron chi connectivity index (χ4n) is 2.79.